The number of methoxy groups -OCH3 is 1. The molecule has 0 saturated carbocycles. The van der Waals surface area contributed by atoms with Gasteiger partial charge < -0.3 is 9.64 Å². The number of rotatable bonds is 4. The molecule has 1 atom stereocenters. The largest absolute Gasteiger partial charge is 0.469 e. The predicted octanol–water partition coefficient (Wildman–Crippen LogP) is 1.11. The number of carbonyl (C=O) groups is 1. The molecule has 0 spiro atoms. The van der Waals surface area contributed by atoms with E-state index in [-0.39, 0.29) is 5.97 Å². The molecule has 0 aromatic rings. The lowest BCUT2D eigenvalue weighted by Crippen LogP contribution is -2.47. The number of ether oxygens (including phenoxy) is 1. The van der Waals surface area contributed by atoms with Crippen LogP contribution in [0.3, 0.4) is 0 Å². The standard InChI is InChI=1S/C13H24N2O2/c1-17-13(16)6-10-14-7-4-5-12(11-14)15-8-2-3-9-15/h12H,2-11H2,1H3. The number of likely N-dealkylation sites (tertiary alicyclic amines) is 2. The van der Waals surface area contributed by atoms with Gasteiger partial charge in [0, 0.05) is 19.1 Å². The van der Waals surface area contributed by atoms with Crippen molar-refractivity contribution in [3.8, 4) is 0 Å². The van der Waals surface area contributed by atoms with Crippen LogP contribution < -0.4 is 0 Å². The summed E-state index contributed by atoms with van der Waals surface area (Å²) < 4.78 is 4.69. The molecule has 0 amide bonds. The Labute approximate surface area is 104 Å². The molecule has 0 bridgehead atoms. The van der Waals surface area contributed by atoms with Gasteiger partial charge >= 0.3 is 5.97 Å². The highest BCUT2D eigenvalue weighted by molar-refractivity contribution is 5.69. The van der Waals surface area contributed by atoms with Gasteiger partial charge in [0.25, 0.3) is 0 Å². The lowest BCUT2D eigenvalue weighted by molar-refractivity contribution is -0.141. The Morgan fingerprint density at radius 3 is 2.71 bits per heavy atom. The van der Waals surface area contributed by atoms with Crippen LogP contribution in [-0.2, 0) is 9.53 Å². The Morgan fingerprint density at radius 1 is 1.24 bits per heavy atom. The third-order valence-electron chi connectivity index (χ3n) is 4.00. The first kappa shape index (κ1) is 12.8. The Hall–Kier alpha value is -0.610. The number of piperidine rings is 1. The van der Waals surface area contributed by atoms with Gasteiger partial charge in [0.15, 0.2) is 0 Å². The second-order valence-electron chi connectivity index (χ2n) is 5.17. The minimum absolute atomic E-state index is 0.0895. The van der Waals surface area contributed by atoms with Crippen molar-refractivity contribution in [2.45, 2.75) is 38.1 Å². The van der Waals surface area contributed by atoms with Crippen LogP contribution >= 0.6 is 0 Å². The van der Waals surface area contributed by atoms with Crippen molar-refractivity contribution in [3.63, 3.8) is 0 Å². The van der Waals surface area contributed by atoms with Crippen LogP contribution in [0.4, 0.5) is 0 Å². The molecule has 0 aliphatic carbocycles. The smallest absolute Gasteiger partial charge is 0.306 e. The fourth-order valence-electron chi connectivity index (χ4n) is 2.99. The molecule has 98 valence electrons. The SMILES string of the molecule is COC(=O)CCN1CCCC(N2CCCC2)C1. The highest BCUT2D eigenvalue weighted by atomic mass is 16.5. The van der Waals surface area contributed by atoms with Crippen LogP contribution in [0.1, 0.15) is 32.1 Å². The maximum absolute atomic E-state index is 11.1. The van der Waals surface area contributed by atoms with Gasteiger partial charge in [-0.15, -0.1) is 0 Å². The number of esters is 1. The maximum Gasteiger partial charge on any atom is 0.306 e. The van der Waals surface area contributed by atoms with E-state index in [1.165, 1.54) is 45.9 Å². The molecule has 0 N–H and O–H groups in total. The van der Waals surface area contributed by atoms with Crippen LogP contribution in [-0.4, -0.2) is 61.6 Å². The monoisotopic (exact) mass is 240 g/mol. The normalized spacial score (nSPS) is 27.2. The quantitative estimate of drug-likeness (QED) is 0.689. The maximum atomic E-state index is 11.1. The molecule has 4 nitrogen and oxygen atoms in total. The molecule has 2 heterocycles. The van der Waals surface area contributed by atoms with E-state index < -0.39 is 0 Å². The number of nitrogens with zero attached hydrogens (tertiary/aromatic N) is 2. The number of hydrogen-bond donors (Lipinski definition) is 0. The summed E-state index contributed by atoms with van der Waals surface area (Å²) >= 11 is 0. The summed E-state index contributed by atoms with van der Waals surface area (Å²) in [6.07, 6.45) is 5.84. The molecular weight excluding hydrogens is 216 g/mol. The summed E-state index contributed by atoms with van der Waals surface area (Å²) in [4.78, 5) is 16.2. The van der Waals surface area contributed by atoms with Gasteiger partial charge in [-0.2, -0.15) is 0 Å². The average Bonchev–Trinajstić information content (AvgIpc) is 2.90. The van der Waals surface area contributed by atoms with Crippen molar-refractivity contribution in [2.24, 2.45) is 0 Å². The molecular formula is C13H24N2O2. The van der Waals surface area contributed by atoms with Gasteiger partial charge in [-0.05, 0) is 45.3 Å². The molecule has 0 radical (unpaired) electrons. The van der Waals surface area contributed by atoms with Gasteiger partial charge in [-0.25, -0.2) is 0 Å². The number of carbonyl (C=O) groups excluding carboxylic acids is 1. The van der Waals surface area contributed by atoms with Gasteiger partial charge in [0.1, 0.15) is 0 Å². The van der Waals surface area contributed by atoms with E-state index >= 15 is 0 Å². The minimum atomic E-state index is -0.0895. The Bertz CT molecular complexity index is 252. The van der Waals surface area contributed by atoms with Crippen LogP contribution in [0, 0.1) is 0 Å². The first-order valence-electron chi connectivity index (χ1n) is 6.83. The molecule has 2 rings (SSSR count). The molecule has 2 aliphatic rings. The second-order valence-corrected chi connectivity index (χ2v) is 5.17. The van der Waals surface area contributed by atoms with Crippen molar-refractivity contribution in [2.75, 3.05) is 39.8 Å². The molecule has 2 aliphatic heterocycles. The highest BCUT2D eigenvalue weighted by Gasteiger charge is 2.26. The minimum Gasteiger partial charge on any atom is -0.469 e. The molecule has 2 saturated heterocycles. The molecule has 17 heavy (non-hydrogen) atoms. The Morgan fingerprint density at radius 2 is 2.00 bits per heavy atom. The summed E-state index contributed by atoms with van der Waals surface area (Å²) in [5, 5.41) is 0. The van der Waals surface area contributed by atoms with Gasteiger partial charge in [0.2, 0.25) is 0 Å². The summed E-state index contributed by atoms with van der Waals surface area (Å²) in [5.41, 5.74) is 0. The lowest BCUT2D eigenvalue weighted by Gasteiger charge is -2.37. The van der Waals surface area contributed by atoms with Crippen LogP contribution in [0.2, 0.25) is 0 Å². The topological polar surface area (TPSA) is 32.8 Å². The molecule has 4 heteroatoms. The highest BCUT2D eigenvalue weighted by Crippen LogP contribution is 2.20. The van der Waals surface area contributed by atoms with E-state index in [1.54, 1.807) is 0 Å². The fraction of sp³-hybridized carbons (Fsp3) is 0.923. The first-order valence-corrected chi connectivity index (χ1v) is 6.83. The van der Waals surface area contributed by atoms with Gasteiger partial charge in [0.05, 0.1) is 13.5 Å². The van der Waals surface area contributed by atoms with Crippen molar-refractivity contribution in [3.05, 3.63) is 0 Å². The van der Waals surface area contributed by atoms with E-state index in [1.807, 2.05) is 0 Å². The van der Waals surface area contributed by atoms with E-state index in [4.69, 9.17) is 4.74 Å². The van der Waals surface area contributed by atoms with Crippen molar-refractivity contribution in [1.29, 1.82) is 0 Å². The van der Waals surface area contributed by atoms with Crippen molar-refractivity contribution < 1.29 is 9.53 Å². The summed E-state index contributed by atoms with van der Waals surface area (Å²) in [6.45, 7) is 5.68. The summed E-state index contributed by atoms with van der Waals surface area (Å²) in [7, 11) is 1.46. The third-order valence-corrected chi connectivity index (χ3v) is 4.00. The zero-order valence-electron chi connectivity index (χ0n) is 10.9. The Balaban J connectivity index is 1.74. The van der Waals surface area contributed by atoms with Crippen molar-refractivity contribution in [1.82, 2.24) is 9.80 Å². The van der Waals surface area contributed by atoms with Crippen LogP contribution in [0.5, 0.6) is 0 Å². The second kappa shape index (κ2) is 6.36. The molecule has 1 unspecified atom stereocenters. The average molecular weight is 240 g/mol. The third kappa shape index (κ3) is 3.68. The fourth-order valence-corrected chi connectivity index (χ4v) is 2.99. The number of hydrogen-bond acceptors (Lipinski definition) is 4. The molecule has 0 aromatic carbocycles. The van der Waals surface area contributed by atoms with E-state index in [0.717, 1.165) is 25.7 Å². The molecule has 2 fully saturated rings. The zero-order valence-corrected chi connectivity index (χ0v) is 10.9. The molecule has 0 aromatic heterocycles. The van der Waals surface area contributed by atoms with Crippen LogP contribution in [0.15, 0.2) is 0 Å². The van der Waals surface area contributed by atoms with Gasteiger partial charge in [-0.3, -0.25) is 9.69 Å². The van der Waals surface area contributed by atoms with E-state index in [2.05, 4.69) is 9.80 Å². The lowest BCUT2D eigenvalue weighted by atomic mass is 10.0. The summed E-state index contributed by atoms with van der Waals surface area (Å²) in [6, 6.07) is 0.726. The predicted molar refractivity (Wildman–Crippen MR) is 66.9 cm³/mol. The summed E-state index contributed by atoms with van der Waals surface area (Å²) in [5.74, 6) is -0.0895. The first-order chi connectivity index (χ1) is 8.29. The van der Waals surface area contributed by atoms with Crippen LogP contribution in [0.25, 0.3) is 0 Å². The van der Waals surface area contributed by atoms with E-state index in [0.29, 0.717) is 6.42 Å². The van der Waals surface area contributed by atoms with E-state index in [9.17, 15) is 4.79 Å². The van der Waals surface area contributed by atoms with Crippen molar-refractivity contribution >= 4 is 5.97 Å². The van der Waals surface area contributed by atoms with Gasteiger partial charge in [-0.1, -0.05) is 0 Å². The zero-order chi connectivity index (χ0) is 12.1. The Kier molecular flexibility index (Phi) is 4.80.